The summed E-state index contributed by atoms with van der Waals surface area (Å²) < 4.78 is 0. The van der Waals surface area contributed by atoms with Gasteiger partial charge in [-0.15, -0.1) is 0 Å². The first-order valence-corrected chi connectivity index (χ1v) is 8.58. The van der Waals surface area contributed by atoms with Gasteiger partial charge in [0.2, 0.25) is 0 Å². The van der Waals surface area contributed by atoms with E-state index >= 15 is 0 Å². The first-order chi connectivity index (χ1) is 11.4. The average molecular weight is 352 g/mol. The molecule has 0 aromatic carbocycles. The minimum atomic E-state index is -1.45. The fourth-order valence-corrected chi connectivity index (χ4v) is 3.94. The van der Waals surface area contributed by atoms with E-state index in [4.69, 9.17) is 0 Å². The highest BCUT2D eigenvalue weighted by molar-refractivity contribution is 6.04. The molecule has 140 valence electrons. The van der Waals surface area contributed by atoms with Crippen molar-refractivity contribution >= 4 is 11.6 Å². The van der Waals surface area contributed by atoms with Crippen molar-refractivity contribution in [3.63, 3.8) is 0 Å². The molecule has 0 unspecified atom stereocenters. The van der Waals surface area contributed by atoms with Crippen LogP contribution in [0.5, 0.6) is 0 Å². The zero-order valence-corrected chi connectivity index (χ0v) is 15.3. The number of hydrogen-bond donors (Lipinski definition) is 4. The number of rotatable bonds is 4. The van der Waals surface area contributed by atoms with Gasteiger partial charge in [-0.05, 0) is 10.8 Å². The fraction of sp³-hybridized carbons (Fsp3) is 0.684. The Balaban J connectivity index is 2.59. The van der Waals surface area contributed by atoms with Crippen LogP contribution in [-0.2, 0) is 9.59 Å². The smallest absolute Gasteiger partial charge is 0.163 e. The molecule has 0 amide bonds. The van der Waals surface area contributed by atoms with Crippen molar-refractivity contribution in [1.82, 2.24) is 0 Å². The van der Waals surface area contributed by atoms with E-state index in [0.29, 0.717) is 0 Å². The SMILES string of the molecule is CC1(C)CC(=O)C(C(C2=C(O)CC(C)(C)CC2=O)[C@@H](O)CO)=C(O)C1. The van der Waals surface area contributed by atoms with Gasteiger partial charge in [0.25, 0.3) is 0 Å². The summed E-state index contributed by atoms with van der Waals surface area (Å²) in [6.07, 6.45) is -0.666. The molecule has 0 bridgehead atoms. The number of allylic oxidation sites excluding steroid dienone is 2. The lowest BCUT2D eigenvalue weighted by atomic mass is 9.67. The monoisotopic (exact) mass is 352 g/mol. The highest BCUT2D eigenvalue weighted by atomic mass is 16.3. The van der Waals surface area contributed by atoms with E-state index in [9.17, 15) is 30.0 Å². The first kappa shape index (κ1) is 19.7. The van der Waals surface area contributed by atoms with E-state index in [0.717, 1.165) is 0 Å². The maximum absolute atomic E-state index is 12.6. The van der Waals surface area contributed by atoms with Crippen molar-refractivity contribution in [1.29, 1.82) is 0 Å². The second kappa shape index (κ2) is 6.57. The molecular formula is C19H28O6. The van der Waals surface area contributed by atoms with Crippen LogP contribution in [0, 0.1) is 16.7 Å². The largest absolute Gasteiger partial charge is 0.512 e. The fourth-order valence-electron chi connectivity index (χ4n) is 3.94. The van der Waals surface area contributed by atoms with Crippen molar-refractivity contribution in [3.05, 3.63) is 22.7 Å². The average Bonchev–Trinajstić information content (AvgIpc) is 2.40. The van der Waals surface area contributed by atoms with Gasteiger partial charge in [-0.25, -0.2) is 0 Å². The number of aliphatic hydroxyl groups excluding tert-OH is 4. The Labute approximate surface area is 147 Å². The molecule has 2 aliphatic carbocycles. The van der Waals surface area contributed by atoms with Crippen LogP contribution in [0.4, 0.5) is 0 Å². The Morgan fingerprint density at radius 1 is 0.840 bits per heavy atom. The molecule has 0 saturated heterocycles. The molecule has 6 heteroatoms. The summed E-state index contributed by atoms with van der Waals surface area (Å²) in [5.74, 6) is -2.32. The van der Waals surface area contributed by atoms with Gasteiger partial charge >= 0.3 is 0 Å². The molecule has 0 aromatic rings. The van der Waals surface area contributed by atoms with Crippen LogP contribution in [0.2, 0.25) is 0 Å². The lowest BCUT2D eigenvalue weighted by Gasteiger charge is -2.37. The second-order valence-electron chi connectivity index (χ2n) is 8.83. The van der Waals surface area contributed by atoms with Crippen LogP contribution in [0.15, 0.2) is 22.7 Å². The van der Waals surface area contributed by atoms with Crippen LogP contribution in [0.1, 0.15) is 53.4 Å². The zero-order chi connectivity index (χ0) is 19.2. The van der Waals surface area contributed by atoms with E-state index in [1.165, 1.54) is 0 Å². The van der Waals surface area contributed by atoms with E-state index in [-0.39, 0.29) is 59.9 Å². The number of Topliss-reactive ketones (excluding diaryl/α,β-unsaturated/α-hetero) is 2. The molecule has 2 rings (SSSR count). The summed E-state index contributed by atoms with van der Waals surface area (Å²) >= 11 is 0. The first-order valence-electron chi connectivity index (χ1n) is 8.58. The van der Waals surface area contributed by atoms with E-state index in [1.54, 1.807) is 0 Å². The summed E-state index contributed by atoms with van der Waals surface area (Å²) in [5, 5.41) is 40.6. The summed E-state index contributed by atoms with van der Waals surface area (Å²) in [6, 6.07) is 0. The van der Waals surface area contributed by atoms with Gasteiger partial charge in [-0.1, -0.05) is 27.7 Å². The number of hydrogen-bond acceptors (Lipinski definition) is 6. The molecule has 0 aromatic heterocycles. The van der Waals surface area contributed by atoms with E-state index < -0.39 is 29.5 Å². The predicted molar refractivity (Wildman–Crippen MR) is 91.9 cm³/mol. The molecule has 4 N–H and O–H groups in total. The van der Waals surface area contributed by atoms with Crippen molar-refractivity contribution < 1.29 is 30.0 Å². The third-order valence-electron chi connectivity index (χ3n) is 4.99. The molecule has 25 heavy (non-hydrogen) atoms. The molecule has 0 heterocycles. The molecule has 0 saturated carbocycles. The highest BCUT2D eigenvalue weighted by Gasteiger charge is 2.45. The number of ketones is 2. The Morgan fingerprint density at radius 3 is 1.48 bits per heavy atom. The number of carbonyl (C=O) groups is 2. The van der Waals surface area contributed by atoms with Gasteiger partial charge in [0.1, 0.15) is 11.5 Å². The standard InChI is InChI=1S/C19H28O6/c1-18(2)5-10(21)15(11(22)6-18)17(14(25)9-20)16-12(23)7-19(3,4)8-13(16)24/h14,17,20-21,23,25H,5-9H2,1-4H3/t14-/m0/s1. The molecule has 1 atom stereocenters. The van der Waals surface area contributed by atoms with Crippen LogP contribution in [-0.4, -0.2) is 44.7 Å². The van der Waals surface area contributed by atoms with Gasteiger partial charge in [-0.2, -0.15) is 0 Å². The van der Waals surface area contributed by atoms with Gasteiger partial charge in [0, 0.05) is 36.8 Å². The lowest BCUT2D eigenvalue weighted by Crippen LogP contribution is -2.40. The lowest BCUT2D eigenvalue weighted by molar-refractivity contribution is -0.120. The molecule has 0 radical (unpaired) electrons. The minimum Gasteiger partial charge on any atom is -0.512 e. The maximum atomic E-state index is 12.6. The molecule has 0 spiro atoms. The van der Waals surface area contributed by atoms with Gasteiger partial charge in [0.05, 0.1) is 18.6 Å². The maximum Gasteiger partial charge on any atom is 0.163 e. The molecule has 6 nitrogen and oxygen atoms in total. The van der Waals surface area contributed by atoms with Crippen LogP contribution >= 0.6 is 0 Å². The Morgan fingerprint density at radius 2 is 1.20 bits per heavy atom. The summed E-state index contributed by atoms with van der Waals surface area (Å²) in [7, 11) is 0. The predicted octanol–water partition coefficient (Wildman–Crippen LogP) is 2.36. The summed E-state index contributed by atoms with van der Waals surface area (Å²) in [6.45, 7) is 6.70. The number of carbonyl (C=O) groups excluding carboxylic acids is 2. The summed E-state index contributed by atoms with van der Waals surface area (Å²) in [4.78, 5) is 25.3. The molecule has 0 fully saturated rings. The normalized spacial score (nSPS) is 24.9. The van der Waals surface area contributed by atoms with Crippen molar-refractivity contribution in [2.45, 2.75) is 59.5 Å². The van der Waals surface area contributed by atoms with Crippen LogP contribution in [0.3, 0.4) is 0 Å². The second-order valence-corrected chi connectivity index (χ2v) is 8.83. The Hall–Kier alpha value is -1.66. The summed E-state index contributed by atoms with van der Waals surface area (Å²) in [5.41, 5.74) is -0.964. The van der Waals surface area contributed by atoms with Crippen molar-refractivity contribution in [2.24, 2.45) is 16.7 Å². The van der Waals surface area contributed by atoms with Gasteiger partial charge in [-0.3, -0.25) is 9.59 Å². The van der Waals surface area contributed by atoms with Gasteiger partial charge in [0.15, 0.2) is 11.6 Å². The molecule has 0 aliphatic heterocycles. The topological polar surface area (TPSA) is 115 Å². The van der Waals surface area contributed by atoms with Gasteiger partial charge < -0.3 is 20.4 Å². The third kappa shape index (κ3) is 3.96. The molecule has 2 aliphatic rings. The highest BCUT2D eigenvalue weighted by Crippen LogP contribution is 2.45. The molecular weight excluding hydrogens is 324 g/mol. The quantitative estimate of drug-likeness (QED) is 0.617. The van der Waals surface area contributed by atoms with Crippen molar-refractivity contribution in [3.8, 4) is 0 Å². The zero-order valence-electron chi connectivity index (χ0n) is 15.3. The Bertz CT molecular complexity index is 601. The Kier molecular flexibility index (Phi) is 5.17. The van der Waals surface area contributed by atoms with Crippen LogP contribution in [0.25, 0.3) is 0 Å². The number of aliphatic hydroxyl groups is 4. The third-order valence-corrected chi connectivity index (χ3v) is 4.99. The minimum absolute atomic E-state index is 0.0597. The van der Waals surface area contributed by atoms with Crippen LogP contribution < -0.4 is 0 Å². The van der Waals surface area contributed by atoms with E-state index in [2.05, 4.69) is 0 Å². The van der Waals surface area contributed by atoms with E-state index in [1.807, 2.05) is 27.7 Å². The van der Waals surface area contributed by atoms with Crippen molar-refractivity contribution in [2.75, 3.05) is 6.61 Å².